The highest BCUT2D eigenvalue weighted by atomic mass is 19.2. The van der Waals surface area contributed by atoms with E-state index in [-0.39, 0.29) is 5.76 Å². The number of rotatable bonds is 3. The SMILES string of the molecule is C/C(=N/NC(=O)c1oc2ccccc2c1C)c1ccc(F)c(F)c1. The van der Waals surface area contributed by atoms with Gasteiger partial charge in [0.25, 0.3) is 0 Å². The van der Waals surface area contributed by atoms with E-state index < -0.39 is 17.5 Å². The first-order valence-corrected chi connectivity index (χ1v) is 7.25. The highest BCUT2D eigenvalue weighted by Gasteiger charge is 2.17. The molecule has 0 fully saturated rings. The molecule has 0 unspecified atom stereocenters. The van der Waals surface area contributed by atoms with Crippen molar-refractivity contribution < 1.29 is 18.0 Å². The molecular formula is C18H14F2N2O2. The Bertz CT molecular complexity index is 961. The van der Waals surface area contributed by atoms with E-state index in [0.29, 0.717) is 22.4 Å². The van der Waals surface area contributed by atoms with Gasteiger partial charge in [0, 0.05) is 16.5 Å². The van der Waals surface area contributed by atoms with Crippen LogP contribution in [0, 0.1) is 18.6 Å². The Morgan fingerprint density at radius 3 is 2.58 bits per heavy atom. The van der Waals surface area contributed by atoms with Crippen molar-refractivity contribution in [3.8, 4) is 0 Å². The van der Waals surface area contributed by atoms with Gasteiger partial charge in [-0.2, -0.15) is 5.10 Å². The number of nitrogens with one attached hydrogen (secondary N) is 1. The number of hydrogen-bond acceptors (Lipinski definition) is 3. The summed E-state index contributed by atoms with van der Waals surface area (Å²) in [6.45, 7) is 3.37. The molecule has 3 aromatic rings. The molecule has 6 heteroatoms. The van der Waals surface area contributed by atoms with Crippen molar-refractivity contribution in [2.75, 3.05) is 0 Å². The van der Waals surface area contributed by atoms with Gasteiger partial charge in [-0.25, -0.2) is 14.2 Å². The Morgan fingerprint density at radius 1 is 1.12 bits per heavy atom. The van der Waals surface area contributed by atoms with E-state index in [1.165, 1.54) is 6.07 Å². The van der Waals surface area contributed by atoms with E-state index in [1.807, 2.05) is 18.2 Å². The maximum absolute atomic E-state index is 13.2. The number of carbonyl (C=O) groups is 1. The molecule has 0 saturated carbocycles. The predicted octanol–water partition coefficient (Wildman–Crippen LogP) is 4.17. The van der Waals surface area contributed by atoms with Gasteiger partial charge >= 0.3 is 5.91 Å². The van der Waals surface area contributed by atoms with E-state index in [2.05, 4.69) is 10.5 Å². The molecule has 4 nitrogen and oxygen atoms in total. The minimum absolute atomic E-state index is 0.165. The van der Waals surface area contributed by atoms with Gasteiger partial charge in [-0.15, -0.1) is 0 Å². The molecule has 1 N–H and O–H groups in total. The van der Waals surface area contributed by atoms with E-state index in [9.17, 15) is 13.6 Å². The van der Waals surface area contributed by atoms with Gasteiger partial charge in [-0.05, 0) is 38.1 Å². The highest BCUT2D eigenvalue weighted by molar-refractivity contribution is 6.02. The zero-order valence-electron chi connectivity index (χ0n) is 13.1. The number of para-hydroxylation sites is 1. The molecule has 0 spiro atoms. The summed E-state index contributed by atoms with van der Waals surface area (Å²) < 4.78 is 31.7. The first-order chi connectivity index (χ1) is 11.5. The summed E-state index contributed by atoms with van der Waals surface area (Å²) in [6.07, 6.45) is 0. The van der Waals surface area contributed by atoms with Crippen LogP contribution in [-0.4, -0.2) is 11.6 Å². The molecule has 0 bridgehead atoms. The summed E-state index contributed by atoms with van der Waals surface area (Å²) in [5, 5.41) is 4.77. The summed E-state index contributed by atoms with van der Waals surface area (Å²) in [4.78, 5) is 12.2. The maximum atomic E-state index is 13.2. The Labute approximate surface area is 136 Å². The van der Waals surface area contributed by atoms with Gasteiger partial charge < -0.3 is 4.42 Å². The van der Waals surface area contributed by atoms with Crippen LogP contribution >= 0.6 is 0 Å². The molecule has 1 amide bonds. The van der Waals surface area contributed by atoms with Gasteiger partial charge in [0.05, 0.1) is 5.71 Å². The number of hydrazone groups is 1. The Balaban J connectivity index is 1.83. The second kappa shape index (κ2) is 6.23. The summed E-state index contributed by atoms with van der Waals surface area (Å²) in [5.74, 6) is -2.25. The normalized spacial score (nSPS) is 11.8. The van der Waals surface area contributed by atoms with Crippen molar-refractivity contribution in [3.05, 3.63) is 71.0 Å². The summed E-state index contributed by atoms with van der Waals surface area (Å²) in [5.41, 5.74) is 4.41. The number of amides is 1. The molecular weight excluding hydrogens is 314 g/mol. The smallest absolute Gasteiger partial charge is 0.307 e. The molecule has 122 valence electrons. The number of fused-ring (bicyclic) bond motifs is 1. The van der Waals surface area contributed by atoms with Gasteiger partial charge in [0.1, 0.15) is 5.58 Å². The van der Waals surface area contributed by atoms with Crippen LogP contribution in [-0.2, 0) is 0 Å². The molecule has 3 rings (SSSR count). The van der Waals surface area contributed by atoms with Gasteiger partial charge in [0.15, 0.2) is 17.4 Å². The van der Waals surface area contributed by atoms with Crippen LogP contribution in [0.4, 0.5) is 8.78 Å². The molecule has 2 aromatic carbocycles. The second-order valence-corrected chi connectivity index (χ2v) is 5.32. The minimum Gasteiger partial charge on any atom is -0.451 e. The van der Waals surface area contributed by atoms with E-state index in [1.54, 1.807) is 19.9 Å². The van der Waals surface area contributed by atoms with Crippen molar-refractivity contribution in [2.24, 2.45) is 5.10 Å². The number of nitrogens with zero attached hydrogens (tertiary/aromatic N) is 1. The Morgan fingerprint density at radius 2 is 1.88 bits per heavy atom. The molecule has 0 radical (unpaired) electrons. The monoisotopic (exact) mass is 328 g/mol. The highest BCUT2D eigenvalue weighted by Crippen LogP contribution is 2.24. The topological polar surface area (TPSA) is 54.6 Å². The fraction of sp³-hybridized carbons (Fsp3) is 0.111. The van der Waals surface area contributed by atoms with Crippen molar-refractivity contribution in [2.45, 2.75) is 13.8 Å². The summed E-state index contributed by atoms with van der Waals surface area (Å²) >= 11 is 0. The second-order valence-electron chi connectivity index (χ2n) is 5.32. The summed E-state index contributed by atoms with van der Waals surface area (Å²) in [6, 6.07) is 10.7. The lowest BCUT2D eigenvalue weighted by Gasteiger charge is -2.03. The van der Waals surface area contributed by atoms with Crippen LogP contribution in [0.5, 0.6) is 0 Å². The third kappa shape index (κ3) is 2.90. The standard InChI is InChI=1S/C18H14F2N2O2/c1-10-13-5-3-4-6-16(13)24-17(10)18(23)22-21-11(2)12-7-8-14(19)15(20)9-12/h3-9H,1-2H3,(H,22,23)/b21-11-. The lowest BCUT2D eigenvalue weighted by atomic mass is 10.1. The molecule has 1 aromatic heterocycles. The van der Waals surface area contributed by atoms with Crippen LogP contribution in [0.2, 0.25) is 0 Å². The largest absolute Gasteiger partial charge is 0.451 e. The van der Waals surface area contributed by atoms with Crippen LogP contribution in [0.3, 0.4) is 0 Å². The van der Waals surface area contributed by atoms with Gasteiger partial charge in [0.2, 0.25) is 0 Å². The first kappa shape index (κ1) is 15.9. The number of halogens is 2. The van der Waals surface area contributed by atoms with Gasteiger partial charge in [-0.1, -0.05) is 18.2 Å². The quantitative estimate of drug-likeness (QED) is 0.579. The van der Waals surface area contributed by atoms with Crippen molar-refractivity contribution in [3.63, 3.8) is 0 Å². The lowest BCUT2D eigenvalue weighted by Crippen LogP contribution is -2.19. The average Bonchev–Trinajstić information content (AvgIpc) is 2.92. The number of hydrogen-bond donors (Lipinski definition) is 1. The van der Waals surface area contributed by atoms with Crippen LogP contribution in [0.15, 0.2) is 52.0 Å². The molecule has 0 aliphatic heterocycles. The molecule has 0 saturated heterocycles. The fourth-order valence-electron chi connectivity index (χ4n) is 2.36. The number of carbonyl (C=O) groups excluding carboxylic acids is 1. The van der Waals surface area contributed by atoms with Crippen LogP contribution in [0.25, 0.3) is 11.0 Å². The van der Waals surface area contributed by atoms with E-state index in [4.69, 9.17) is 4.42 Å². The van der Waals surface area contributed by atoms with Crippen molar-refractivity contribution >= 4 is 22.6 Å². The van der Waals surface area contributed by atoms with E-state index >= 15 is 0 Å². The third-order valence-electron chi connectivity index (χ3n) is 3.71. The van der Waals surface area contributed by atoms with Crippen LogP contribution in [0.1, 0.15) is 28.6 Å². The first-order valence-electron chi connectivity index (χ1n) is 7.25. The van der Waals surface area contributed by atoms with Crippen LogP contribution < -0.4 is 5.43 Å². The fourth-order valence-corrected chi connectivity index (χ4v) is 2.36. The molecule has 0 atom stereocenters. The lowest BCUT2D eigenvalue weighted by molar-refractivity contribution is 0.0928. The Hall–Kier alpha value is -3.02. The number of benzene rings is 2. The number of aryl methyl sites for hydroxylation is 1. The van der Waals surface area contributed by atoms with E-state index in [0.717, 1.165) is 17.5 Å². The predicted molar refractivity (Wildman–Crippen MR) is 87.0 cm³/mol. The maximum Gasteiger partial charge on any atom is 0.307 e. The molecule has 1 heterocycles. The summed E-state index contributed by atoms with van der Waals surface area (Å²) in [7, 11) is 0. The van der Waals surface area contributed by atoms with Crippen molar-refractivity contribution in [1.29, 1.82) is 0 Å². The zero-order chi connectivity index (χ0) is 17.3. The molecule has 0 aliphatic rings. The molecule has 0 aliphatic carbocycles. The Kier molecular flexibility index (Phi) is 4.12. The third-order valence-corrected chi connectivity index (χ3v) is 3.71. The zero-order valence-corrected chi connectivity index (χ0v) is 13.1. The van der Waals surface area contributed by atoms with Crippen molar-refractivity contribution in [1.82, 2.24) is 5.43 Å². The van der Waals surface area contributed by atoms with Gasteiger partial charge in [-0.3, -0.25) is 4.79 Å². The average molecular weight is 328 g/mol. The molecule has 24 heavy (non-hydrogen) atoms. The number of furan rings is 1. The minimum atomic E-state index is -0.971.